The molecule has 0 aliphatic carbocycles. The lowest BCUT2D eigenvalue weighted by molar-refractivity contribution is -0.384. The number of nitrogens with one attached hydrogen (secondary N) is 1. The third-order valence-corrected chi connectivity index (χ3v) is 5.38. The van der Waals surface area contributed by atoms with E-state index in [1.54, 1.807) is 13.8 Å². The van der Waals surface area contributed by atoms with E-state index < -0.39 is 22.3 Å². The van der Waals surface area contributed by atoms with Crippen molar-refractivity contribution in [1.29, 1.82) is 0 Å². The van der Waals surface area contributed by atoms with Crippen molar-refractivity contribution in [2.24, 2.45) is 5.73 Å². The Bertz CT molecular complexity index is 1200. The summed E-state index contributed by atoms with van der Waals surface area (Å²) in [7, 11) is 0. The molecule has 28 heavy (non-hydrogen) atoms. The predicted octanol–water partition coefficient (Wildman–Crippen LogP) is 1.72. The Morgan fingerprint density at radius 3 is 2.71 bits per heavy atom. The lowest BCUT2D eigenvalue weighted by atomic mass is 10.2. The van der Waals surface area contributed by atoms with Gasteiger partial charge >= 0.3 is 0 Å². The standard InChI is InChI=1S/C17H15N5O5S/c1-8-3-4-10(22(26)27)5-11(8)20-12(23)6-21-7-19-16-13(17(21)25)9(2)14(28-16)15(18)24/h3-5,7H,6H2,1-2H3,(H2,18,24)(H,20,23). The Morgan fingerprint density at radius 2 is 2.07 bits per heavy atom. The van der Waals surface area contributed by atoms with Gasteiger partial charge in [-0.25, -0.2) is 4.98 Å². The van der Waals surface area contributed by atoms with Gasteiger partial charge in [0, 0.05) is 12.1 Å². The molecule has 10 nitrogen and oxygen atoms in total. The SMILES string of the molecule is Cc1ccc([N+](=O)[O-])cc1NC(=O)Cn1cnc2sc(C(N)=O)c(C)c2c1=O. The van der Waals surface area contributed by atoms with Crippen molar-refractivity contribution in [3.05, 3.63) is 61.0 Å². The first kappa shape index (κ1) is 19.2. The van der Waals surface area contributed by atoms with Crippen LogP contribution in [0.25, 0.3) is 10.2 Å². The zero-order valence-corrected chi connectivity index (χ0v) is 15.7. The number of nitrogens with two attached hydrogens (primary N) is 1. The fourth-order valence-electron chi connectivity index (χ4n) is 2.71. The third kappa shape index (κ3) is 3.47. The Balaban J connectivity index is 1.90. The van der Waals surface area contributed by atoms with E-state index in [1.165, 1.54) is 24.5 Å². The fraction of sp³-hybridized carbons (Fsp3) is 0.176. The molecular weight excluding hydrogens is 386 g/mol. The number of hydrogen-bond acceptors (Lipinski definition) is 7. The van der Waals surface area contributed by atoms with Crippen LogP contribution in [-0.4, -0.2) is 26.3 Å². The van der Waals surface area contributed by atoms with Crippen LogP contribution in [0.1, 0.15) is 20.8 Å². The van der Waals surface area contributed by atoms with Crippen LogP contribution < -0.4 is 16.6 Å². The van der Waals surface area contributed by atoms with E-state index in [0.29, 0.717) is 16.0 Å². The van der Waals surface area contributed by atoms with E-state index >= 15 is 0 Å². The number of carbonyl (C=O) groups is 2. The lowest BCUT2D eigenvalue weighted by Crippen LogP contribution is -2.28. The Labute approximate surface area is 161 Å². The van der Waals surface area contributed by atoms with Crippen molar-refractivity contribution in [2.45, 2.75) is 20.4 Å². The number of primary amides is 1. The molecule has 0 radical (unpaired) electrons. The number of nitro benzene ring substituents is 1. The second kappa shape index (κ2) is 7.19. The van der Waals surface area contributed by atoms with Crippen LogP contribution in [-0.2, 0) is 11.3 Å². The maximum atomic E-state index is 12.7. The van der Waals surface area contributed by atoms with Crippen molar-refractivity contribution in [3.63, 3.8) is 0 Å². The second-order valence-electron chi connectivity index (χ2n) is 6.08. The molecule has 0 spiro atoms. The van der Waals surface area contributed by atoms with Gasteiger partial charge < -0.3 is 11.1 Å². The summed E-state index contributed by atoms with van der Waals surface area (Å²) in [5.74, 6) is -1.19. The Kier molecular flexibility index (Phi) is 4.92. The summed E-state index contributed by atoms with van der Waals surface area (Å²) in [5.41, 5.74) is 6.02. The van der Waals surface area contributed by atoms with Crippen LogP contribution >= 0.6 is 11.3 Å². The molecule has 2 aromatic heterocycles. The topological polar surface area (TPSA) is 150 Å². The van der Waals surface area contributed by atoms with E-state index in [4.69, 9.17) is 5.73 Å². The van der Waals surface area contributed by atoms with Crippen LogP contribution in [0.15, 0.2) is 29.3 Å². The van der Waals surface area contributed by atoms with E-state index in [0.717, 1.165) is 15.9 Å². The first-order valence-corrected chi connectivity index (χ1v) is 8.84. The summed E-state index contributed by atoms with van der Waals surface area (Å²) in [6, 6.07) is 4.11. The van der Waals surface area contributed by atoms with E-state index in [2.05, 4.69) is 10.3 Å². The van der Waals surface area contributed by atoms with E-state index in [1.807, 2.05) is 0 Å². The number of non-ortho nitro benzene ring substituents is 1. The van der Waals surface area contributed by atoms with Gasteiger partial charge in [0.15, 0.2) is 0 Å². The summed E-state index contributed by atoms with van der Waals surface area (Å²) < 4.78 is 1.11. The molecule has 1 aromatic carbocycles. The van der Waals surface area contributed by atoms with Gasteiger partial charge in [-0.1, -0.05) is 6.07 Å². The molecule has 3 aromatic rings. The van der Waals surface area contributed by atoms with Gasteiger partial charge in [-0.3, -0.25) is 29.1 Å². The highest BCUT2D eigenvalue weighted by atomic mass is 32.1. The number of rotatable bonds is 5. The number of aryl methyl sites for hydroxylation is 2. The molecule has 3 rings (SSSR count). The van der Waals surface area contributed by atoms with E-state index in [-0.39, 0.29) is 28.2 Å². The smallest absolute Gasteiger partial charge is 0.271 e. The normalized spacial score (nSPS) is 10.8. The highest BCUT2D eigenvalue weighted by Gasteiger charge is 2.18. The summed E-state index contributed by atoms with van der Waals surface area (Å²) >= 11 is 1.02. The summed E-state index contributed by atoms with van der Waals surface area (Å²) in [5, 5.41) is 13.7. The fourth-order valence-corrected chi connectivity index (χ4v) is 3.70. The first-order chi connectivity index (χ1) is 13.2. The number of aromatic nitrogens is 2. The average molecular weight is 401 g/mol. The second-order valence-corrected chi connectivity index (χ2v) is 7.08. The summed E-state index contributed by atoms with van der Waals surface area (Å²) in [6.07, 6.45) is 1.21. The third-order valence-electron chi connectivity index (χ3n) is 4.16. The minimum atomic E-state index is -0.648. The minimum absolute atomic E-state index is 0.158. The van der Waals surface area contributed by atoms with Gasteiger partial charge in [-0.2, -0.15) is 0 Å². The van der Waals surface area contributed by atoms with Crippen molar-refractivity contribution in [3.8, 4) is 0 Å². The van der Waals surface area contributed by atoms with Crippen LogP contribution in [0.3, 0.4) is 0 Å². The number of thiophene rings is 1. The van der Waals surface area contributed by atoms with Gasteiger partial charge in [-0.15, -0.1) is 11.3 Å². The number of fused-ring (bicyclic) bond motifs is 1. The van der Waals surface area contributed by atoms with Crippen LogP contribution in [0.2, 0.25) is 0 Å². The summed E-state index contributed by atoms with van der Waals surface area (Å²) in [4.78, 5) is 51.6. The Morgan fingerprint density at radius 1 is 1.36 bits per heavy atom. The maximum absolute atomic E-state index is 12.7. The van der Waals surface area contributed by atoms with Crippen LogP contribution in [0, 0.1) is 24.0 Å². The molecule has 2 amide bonds. The van der Waals surface area contributed by atoms with Crippen molar-refractivity contribution >= 4 is 44.7 Å². The zero-order chi connectivity index (χ0) is 20.6. The van der Waals surface area contributed by atoms with Gasteiger partial charge in [0.05, 0.1) is 27.2 Å². The molecule has 144 valence electrons. The van der Waals surface area contributed by atoms with Crippen molar-refractivity contribution in [1.82, 2.24) is 9.55 Å². The van der Waals surface area contributed by atoms with Gasteiger partial charge in [0.25, 0.3) is 17.2 Å². The molecular formula is C17H15N5O5S. The molecule has 0 aliphatic heterocycles. The first-order valence-electron chi connectivity index (χ1n) is 8.02. The number of amides is 2. The molecule has 0 aliphatic rings. The van der Waals surface area contributed by atoms with Gasteiger partial charge in [-0.05, 0) is 25.0 Å². The molecule has 0 saturated carbocycles. The van der Waals surface area contributed by atoms with Crippen LogP contribution in [0.5, 0.6) is 0 Å². The van der Waals surface area contributed by atoms with Gasteiger partial charge in [0.2, 0.25) is 5.91 Å². The van der Waals surface area contributed by atoms with Crippen molar-refractivity contribution < 1.29 is 14.5 Å². The highest BCUT2D eigenvalue weighted by molar-refractivity contribution is 7.20. The number of benzene rings is 1. The van der Waals surface area contributed by atoms with Gasteiger partial charge in [0.1, 0.15) is 11.4 Å². The number of nitro groups is 1. The summed E-state index contributed by atoms with van der Waals surface area (Å²) in [6.45, 7) is 2.95. The maximum Gasteiger partial charge on any atom is 0.271 e. The molecule has 0 saturated heterocycles. The van der Waals surface area contributed by atoms with Crippen molar-refractivity contribution in [2.75, 3.05) is 5.32 Å². The number of carbonyl (C=O) groups excluding carboxylic acids is 2. The number of hydrogen-bond donors (Lipinski definition) is 2. The molecule has 2 heterocycles. The predicted molar refractivity (Wildman–Crippen MR) is 104 cm³/mol. The molecule has 0 atom stereocenters. The van der Waals surface area contributed by atoms with E-state index in [9.17, 15) is 24.5 Å². The zero-order valence-electron chi connectivity index (χ0n) is 14.9. The number of anilines is 1. The average Bonchev–Trinajstić information content (AvgIpc) is 2.97. The monoisotopic (exact) mass is 401 g/mol. The highest BCUT2D eigenvalue weighted by Crippen LogP contribution is 2.26. The number of nitrogens with zero attached hydrogens (tertiary/aromatic N) is 3. The quantitative estimate of drug-likeness (QED) is 0.491. The minimum Gasteiger partial charge on any atom is -0.365 e. The molecule has 0 unspecified atom stereocenters. The molecule has 11 heteroatoms. The lowest BCUT2D eigenvalue weighted by Gasteiger charge is -2.09. The molecule has 0 fully saturated rings. The molecule has 0 bridgehead atoms. The largest absolute Gasteiger partial charge is 0.365 e. The molecule has 3 N–H and O–H groups in total. The Hall–Kier alpha value is -3.60. The van der Waals surface area contributed by atoms with Crippen LogP contribution in [0.4, 0.5) is 11.4 Å².